The van der Waals surface area contributed by atoms with Gasteiger partial charge in [0.25, 0.3) is 0 Å². The molecule has 0 aromatic carbocycles. The Morgan fingerprint density at radius 1 is 1.21 bits per heavy atom. The van der Waals surface area contributed by atoms with Gasteiger partial charge < -0.3 is 15.7 Å². The predicted molar refractivity (Wildman–Crippen MR) is 108 cm³/mol. The van der Waals surface area contributed by atoms with Crippen LogP contribution in [0.5, 0.6) is 0 Å². The van der Waals surface area contributed by atoms with Gasteiger partial charge >= 0.3 is 6.18 Å². The van der Waals surface area contributed by atoms with Crippen LogP contribution in [0.3, 0.4) is 0 Å². The maximum atomic E-state index is 12.5. The Bertz CT molecular complexity index is 436. The topological polar surface area (TPSA) is 59.9 Å². The molecule has 3 N–H and O–H groups in total. The Hall–Kier alpha value is -1.02. The summed E-state index contributed by atoms with van der Waals surface area (Å²) in [5.41, 5.74) is 0. The van der Waals surface area contributed by atoms with Crippen molar-refractivity contribution in [1.82, 2.24) is 15.5 Å². The number of hydrogen-bond donors (Lipinski definition) is 3. The number of piperidine rings is 1. The van der Waals surface area contributed by atoms with E-state index in [0.717, 1.165) is 51.2 Å². The van der Waals surface area contributed by atoms with Crippen molar-refractivity contribution in [3.63, 3.8) is 0 Å². The molecule has 1 saturated heterocycles. The predicted octanol–water partition coefficient (Wildman–Crippen LogP) is 3.25. The van der Waals surface area contributed by atoms with E-state index in [1.165, 1.54) is 4.90 Å². The molecule has 166 valence electrons. The van der Waals surface area contributed by atoms with Crippen molar-refractivity contribution in [2.75, 3.05) is 45.9 Å². The van der Waals surface area contributed by atoms with Crippen LogP contribution >= 0.6 is 0 Å². The highest BCUT2D eigenvalue weighted by atomic mass is 19.4. The van der Waals surface area contributed by atoms with E-state index in [9.17, 15) is 18.3 Å². The minimum absolute atomic E-state index is 0.184. The number of rotatable bonds is 11. The molecular formula is C20H39F3N4O. The number of guanidine groups is 1. The van der Waals surface area contributed by atoms with Gasteiger partial charge in [-0.3, -0.25) is 9.89 Å². The molecule has 0 amide bonds. The van der Waals surface area contributed by atoms with Gasteiger partial charge in [0.05, 0.1) is 6.54 Å². The standard InChI is InChI=1S/C20H39F3N4O/c1-4-24-19(26-14-18(8-12-28)13-16(2)3)25-9-5-17-6-10-27(11-7-17)15-20(21,22)23/h16-18,28H,4-15H2,1-3H3,(H2,24,25,26). The molecule has 0 saturated carbocycles. The minimum Gasteiger partial charge on any atom is -0.396 e. The van der Waals surface area contributed by atoms with E-state index in [4.69, 9.17) is 0 Å². The fraction of sp³-hybridized carbons (Fsp3) is 0.950. The first-order valence-electron chi connectivity index (χ1n) is 10.7. The van der Waals surface area contributed by atoms with Crippen molar-refractivity contribution in [3.8, 4) is 0 Å². The lowest BCUT2D eigenvalue weighted by Gasteiger charge is -2.32. The van der Waals surface area contributed by atoms with E-state index in [1.54, 1.807) is 0 Å². The van der Waals surface area contributed by atoms with E-state index in [-0.39, 0.29) is 6.61 Å². The summed E-state index contributed by atoms with van der Waals surface area (Å²) in [4.78, 5) is 6.18. The summed E-state index contributed by atoms with van der Waals surface area (Å²) in [5, 5.41) is 15.8. The molecule has 0 aliphatic carbocycles. The van der Waals surface area contributed by atoms with Gasteiger partial charge in [0.15, 0.2) is 5.96 Å². The molecule has 1 aliphatic rings. The van der Waals surface area contributed by atoms with Crippen molar-refractivity contribution in [2.45, 2.75) is 59.1 Å². The van der Waals surface area contributed by atoms with Gasteiger partial charge in [-0.25, -0.2) is 0 Å². The van der Waals surface area contributed by atoms with Crippen LogP contribution in [-0.4, -0.2) is 68.0 Å². The quantitative estimate of drug-likeness (QED) is 0.363. The highest BCUT2D eigenvalue weighted by molar-refractivity contribution is 5.79. The van der Waals surface area contributed by atoms with Gasteiger partial charge in [-0.2, -0.15) is 13.2 Å². The van der Waals surface area contributed by atoms with Crippen molar-refractivity contribution in [2.24, 2.45) is 22.7 Å². The molecule has 1 heterocycles. The van der Waals surface area contributed by atoms with Gasteiger partial charge in [-0.15, -0.1) is 0 Å². The molecule has 1 aliphatic heterocycles. The van der Waals surface area contributed by atoms with Crippen LogP contribution in [0.2, 0.25) is 0 Å². The highest BCUT2D eigenvalue weighted by Crippen LogP contribution is 2.24. The Balaban J connectivity index is 2.36. The SMILES string of the molecule is CCNC(=NCC(CCO)CC(C)C)NCCC1CCN(CC(F)(F)F)CC1. The Labute approximate surface area is 168 Å². The van der Waals surface area contributed by atoms with Gasteiger partial charge in [-0.05, 0) is 69.9 Å². The van der Waals surface area contributed by atoms with Crippen LogP contribution in [-0.2, 0) is 0 Å². The van der Waals surface area contributed by atoms with Crippen LogP contribution in [0.4, 0.5) is 13.2 Å². The Morgan fingerprint density at radius 2 is 1.89 bits per heavy atom. The van der Waals surface area contributed by atoms with Crippen LogP contribution in [0.25, 0.3) is 0 Å². The number of likely N-dealkylation sites (tertiary alicyclic amines) is 1. The number of aliphatic hydroxyl groups is 1. The minimum atomic E-state index is -4.10. The molecule has 8 heteroatoms. The number of aliphatic imine (C=N–C) groups is 1. The van der Waals surface area contributed by atoms with E-state index in [1.807, 2.05) is 6.92 Å². The van der Waals surface area contributed by atoms with Crippen LogP contribution in [0, 0.1) is 17.8 Å². The molecule has 1 unspecified atom stereocenters. The third-order valence-electron chi connectivity index (χ3n) is 5.15. The lowest BCUT2D eigenvalue weighted by atomic mass is 9.93. The van der Waals surface area contributed by atoms with Crippen molar-refractivity contribution in [3.05, 3.63) is 0 Å². The Kier molecular flexibility index (Phi) is 11.8. The van der Waals surface area contributed by atoms with Gasteiger partial charge in [-0.1, -0.05) is 13.8 Å². The largest absolute Gasteiger partial charge is 0.401 e. The van der Waals surface area contributed by atoms with Crippen LogP contribution in [0.15, 0.2) is 4.99 Å². The number of hydrogen-bond acceptors (Lipinski definition) is 3. The molecule has 0 radical (unpaired) electrons. The average molecular weight is 409 g/mol. The summed E-state index contributed by atoms with van der Waals surface area (Å²) in [6.07, 6.45) is 0.278. The molecule has 0 bridgehead atoms. The normalized spacial score (nSPS) is 18.5. The second kappa shape index (κ2) is 13.2. The number of aliphatic hydroxyl groups excluding tert-OH is 1. The van der Waals surface area contributed by atoms with E-state index < -0.39 is 12.7 Å². The van der Waals surface area contributed by atoms with Gasteiger partial charge in [0.2, 0.25) is 0 Å². The van der Waals surface area contributed by atoms with Gasteiger partial charge in [0.1, 0.15) is 0 Å². The van der Waals surface area contributed by atoms with Crippen molar-refractivity contribution in [1.29, 1.82) is 0 Å². The molecule has 0 aromatic heterocycles. The first kappa shape index (κ1) is 25.0. The summed E-state index contributed by atoms with van der Waals surface area (Å²) in [6, 6.07) is 0. The van der Waals surface area contributed by atoms with E-state index in [2.05, 4.69) is 29.5 Å². The summed E-state index contributed by atoms with van der Waals surface area (Å²) in [7, 11) is 0. The molecule has 0 aromatic rings. The van der Waals surface area contributed by atoms with Crippen molar-refractivity contribution >= 4 is 5.96 Å². The maximum Gasteiger partial charge on any atom is 0.401 e. The van der Waals surface area contributed by atoms with Crippen LogP contribution in [0.1, 0.15) is 52.9 Å². The fourth-order valence-electron chi connectivity index (χ4n) is 3.78. The molecule has 0 spiro atoms. The monoisotopic (exact) mass is 408 g/mol. The van der Waals surface area contributed by atoms with E-state index >= 15 is 0 Å². The smallest absolute Gasteiger partial charge is 0.396 e. The summed E-state index contributed by atoms with van der Waals surface area (Å²) in [6.45, 7) is 9.05. The molecule has 1 rings (SSSR count). The second-order valence-electron chi connectivity index (χ2n) is 8.28. The average Bonchev–Trinajstić information content (AvgIpc) is 2.59. The van der Waals surface area contributed by atoms with E-state index in [0.29, 0.717) is 37.4 Å². The third-order valence-corrected chi connectivity index (χ3v) is 5.15. The summed E-state index contributed by atoms with van der Waals surface area (Å²) in [5.74, 6) is 2.19. The van der Waals surface area contributed by atoms with Gasteiger partial charge in [0, 0.05) is 26.2 Å². The Morgan fingerprint density at radius 3 is 2.43 bits per heavy atom. The molecule has 5 nitrogen and oxygen atoms in total. The number of nitrogens with zero attached hydrogens (tertiary/aromatic N) is 2. The number of halogens is 3. The number of alkyl halides is 3. The highest BCUT2D eigenvalue weighted by Gasteiger charge is 2.32. The second-order valence-corrected chi connectivity index (χ2v) is 8.28. The summed E-state index contributed by atoms with van der Waals surface area (Å²) >= 11 is 0. The zero-order valence-corrected chi connectivity index (χ0v) is 17.7. The molecule has 28 heavy (non-hydrogen) atoms. The first-order chi connectivity index (χ1) is 13.2. The maximum absolute atomic E-state index is 12.5. The zero-order chi connectivity index (χ0) is 21.0. The molecule has 1 fully saturated rings. The lowest BCUT2D eigenvalue weighted by Crippen LogP contribution is -2.41. The van der Waals surface area contributed by atoms with Crippen molar-refractivity contribution < 1.29 is 18.3 Å². The number of nitrogens with one attached hydrogen (secondary N) is 2. The van der Waals surface area contributed by atoms with Crippen LogP contribution < -0.4 is 10.6 Å². The lowest BCUT2D eigenvalue weighted by molar-refractivity contribution is -0.148. The third kappa shape index (κ3) is 11.7. The molecule has 1 atom stereocenters. The first-order valence-corrected chi connectivity index (χ1v) is 10.7. The fourth-order valence-corrected chi connectivity index (χ4v) is 3.78. The molecular weight excluding hydrogens is 369 g/mol. The zero-order valence-electron chi connectivity index (χ0n) is 17.7. The summed E-state index contributed by atoms with van der Waals surface area (Å²) < 4.78 is 37.4.